The molecule has 0 N–H and O–H groups in total. The molecular weight excluding hydrogens is 216 g/mol. The molecule has 0 aromatic heterocycles. The third-order valence-electron chi connectivity index (χ3n) is 0.605. The van der Waals surface area contributed by atoms with Gasteiger partial charge >= 0.3 is 17.1 Å². The minimum Gasteiger partial charge on any atom is -0.545 e. The van der Waals surface area contributed by atoms with Crippen molar-refractivity contribution in [3.8, 4) is 0 Å². The molecular formula is C8H10FeO4. The summed E-state index contributed by atoms with van der Waals surface area (Å²) in [5.74, 6) is -2.28. The van der Waals surface area contributed by atoms with E-state index in [0.29, 0.717) is 0 Å². The maximum Gasteiger partial charge on any atom is 2.00 e. The average Bonchev–Trinajstić information content (AvgIpc) is 1.87. The Labute approximate surface area is 87.4 Å². The van der Waals surface area contributed by atoms with Crippen LogP contribution in [0.3, 0.4) is 0 Å². The van der Waals surface area contributed by atoms with Gasteiger partial charge in [-0.15, -0.1) is 0 Å². The summed E-state index contributed by atoms with van der Waals surface area (Å²) in [6.45, 7) is 3.24. The Kier molecular flexibility index (Phi) is 18.6. The van der Waals surface area contributed by atoms with Crippen LogP contribution < -0.4 is 10.2 Å². The van der Waals surface area contributed by atoms with E-state index < -0.39 is 11.9 Å². The van der Waals surface area contributed by atoms with Crippen LogP contribution in [0, 0.1) is 0 Å². The van der Waals surface area contributed by atoms with Gasteiger partial charge in [0.25, 0.3) is 0 Å². The van der Waals surface area contributed by atoms with Crippen molar-refractivity contribution in [3.63, 3.8) is 0 Å². The first-order valence-corrected chi connectivity index (χ1v) is 3.22. The van der Waals surface area contributed by atoms with Crippen LogP contribution in [-0.4, -0.2) is 11.9 Å². The fourth-order valence-electron chi connectivity index (χ4n) is 0.272. The molecule has 0 heterocycles. The van der Waals surface area contributed by atoms with Crippen molar-refractivity contribution in [2.24, 2.45) is 0 Å². The zero-order chi connectivity index (χ0) is 9.98. The van der Waals surface area contributed by atoms with E-state index >= 15 is 0 Å². The molecule has 0 rings (SSSR count). The van der Waals surface area contributed by atoms with Gasteiger partial charge in [-0.05, 0) is 26.0 Å². The van der Waals surface area contributed by atoms with Gasteiger partial charge in [0.1, 0.15) is 0 Å². The zero-order valence-corrected chi connectivity index (χ0v) is 8.40. The van der Waals surface area contributed by atoms with Gasteiger partial charge in [-0.1, -0.05) is 12.2 Å². The predicted molar refractivity (Wildman–Crippen MR) is 39.6 cm³/mol. The van der Waals surface area contributed by atoms with Gasteiger partial charge in [0.15, 0.2) is 0 Å². The number of carboxylic acids is 2. The van der Waals surface area contributed by atoms with Crippen LogP contribution in [0.2, 0.25) is 0 Å². The quantitative estimate of drug-likeness (QED) is 0.429. The largest absolute Gasteiger partial charge is 2.00 e. The van der Waals surface area contributed by atoms with Gasteiger partial charge in [0.2, 0.25) is 0 Å². The summed E-state index contributed by atoms with van der Waals surface area (Å²) in [5, 5.41) is 18.8. The molecule has 0 atom stereocenters. The van der Waals surface area contributed by atoms with E-state index in [1.807, 2.05) is 0 Å². The third kappa shape index (κ3) is 35.8. The Balaban J connectivity index is -0.000000143. The van der Waals surface area contributed by atoms with Gasteiger partial charge in [-0.3, -0.25) is 0 Å². The number of hydrogen-bond acceptors (Lipinski definition) is 4. The van der Waals surface area contributed by atoms with Crippen molar-refractivity contribution in [1.29, 1.82) is 0 Å². The molecule has 0 aliphatic carbocycles. The molecule has 5 heteroatoms. The van der Waals surface area contributed by atoms with E-state index in [0.717, 1.165) is 12.2 Å². The van der Waals surface area contributed by atoms with Gasteiger partial charge in [0.05, 0.1) is 11.9 Å². The first-order chi connectivity index (χ1) is 5.54. The van der Waals surface area contributed by atoms with E-state index in [1.54, 1.807) is 13.8 Å². The summed E-state index contributed by atoms with van der Waals surface area (Å²) >= 11 is 0. The van der Waals surface area contributed by atoms with Crippen molar-refractivity contribution in [1.82, 2.24) is 0 Å². The summed E-state index contributed by atoms with van der Waals surface area (Å²) in [6, 6.07) is 0. The van der Waals surface area contributed by atoms with Gasteiger partial charge in [0, 0.05) is 0 Å². The molecule has 0 saturated carbocycles. The molecule has 74 valence electrons. The fraction of sp³-hybridized carbons (Fsp3) is 0.250. The summed E-state index contributed by atoms with van der Waals surface area (Å²) in [6.07, 6.45) is 4.77. The molecule has 0 saturated heterocycles. The predicted octanol–water partition coefficient (Wildman–Crippen LogP) is -1.38. The Hall–Kier alpha value is -1.06. The van der Waals surface area contributed by atoms with Crippen molar-refractivity contribution in [2.75, 3.05) is 0 Å². The number of aliphatic carboxylic acids is 2. The monoisotopic (exact) mass is 226 g/mol. The second kappa shape index (κ2) is 13.5. The number of allylic oxidation sites excluding steroid dienone is 2. The molecule has 0 amide bonds. The SMILES string of the molecule is C/C=C/C(=O)[O-].C/C=C/C(=O)[O-].[Fe+2]. The number of rotatable bonds is 2. The molecule has 0 aliphatic heterocycles. The second-order valence-corrected chi connectivity index (χ2v) is 1.64. The molecule has 0 radical (unpaired) electrons. The maximum absolute atomic E-state index is 9.40. The fourth-order valence-corrected chi connectivity index (χ4v) is 0.272. The normalized spacial score (nSPS) is 8.77. The molecule has 0 aliphatic rings. The Morgan fingerprint density at radius 2 is 1.15 bits per heavy atom. The summed E-state index contributed by atoms with van der Waals surface area (Å²) in [4.78, 5) is 18.8. The summed E-state index contributed by atoms with van der Waals surface area (Å²) in [7, 11) is 0. The molecule has 0 unspecified atom stereocenters. The Morgan fingerprint density at radius 1 is 0.923 bits per heavy atom. The molecule has 4 nitrogen and oxygen atoms in total. The first-order valence-electron chi connectivity index (χ1n) is 3.22. The maximum atomic E-state index is 9.40. The van der Waals surface area contributed by atoms with Crippen molar-refractivity contribution < 1.29 is 36.9 Å². The standard InChI is InChI=1S/2C4H6O2.Fe/c2*1-2-3-4(5)6;/h2*2-3H,1H3,(H,5,6);/q;;+2/p-2/b2*3-2+;. The van der Waals surface area contributed by atoms with Crippen LogP contribution >= 0.6 is 0 Å². The minimum absolute atomic E-state index is 0. The second-order valence-electron chi connectivity index (χ2n) is 1.64. The molecule has 0 spiro atoms. The molecule has 0 fully saturated rings. The topological polar surface area (TPSA) is 80.3 Å². The van der Waals surface area contributed by atoms with Crippen LogP contribution in [0.5, 0.6) is 0 Å². The number of carbonyl (C=O) groups is 2. The van der Waals surface area contributed by atoms with Crippen LogP contribution in [0.25, 0.3) is 0 Å². The van der Waals surface area contributed by atoms with Gasteiger partial charge < -0.3 is 19.8 Å². The third-order valence-corrected chi connectivity index (χ3v) is 0.605. The van der Waals surface area contributed by atoms with Gasteiger partial charge in [-0.2, -0.15) is 0 Å². The molecule has 13 heavy (non-hydrogen) atoms. The number of carbonyl (C=O) groups excluding carboxylic acids is 2. The number of hydrogen-bond donors (Lipinski definition) is 0. The van der Waals surface area contributed by atoms with Crippen LogP contribution in [0.15, 0.2) is 24.3 Å². The molecule has 0 aromatic carbocycles. The van der Waals surface area contributed by atoms with Crippen molar-refractivity contribution in [2.45, 2.75) is 13.8 Å². The summed E-state index contributed by atoms with van der Waals surface area (Å²) < 4.78 is 0. The van der Waals surface area contributed by atoms with E-state index in [-0.39, 0.29) is 17.1 Å². The average molecular weight is 226 g/mol. The minimum atomic E-state index is -1.14. The molecule has 0 aromatic rings. The van der Waals surface area contributed by atoms with Crippen molar-refractivity contribution >= 4 is 11.9 Å². The van der Waals surface area contributed by atoms with Crippen LogP contribution in [-0.2, 0) is 26.7 Å². The smallest absolute Gasteiger partial charge is 0.545 e. The zero-order valence-electron chi connectivity index (χ0n) is 7.30. The Morgan fingerprint density at radius 3 is 1.15 bits per heavy atom. The first kappa shape index (κ1) is 17.9. The van der Waals surface area contributed by atoms with Crippen LogP contribution in [0.1, 0.15) is 13.8 Å². The van der Waals surface area contributed by atoms with Crippen molar-refractivity contribution in [3.05, 3.63) is 24.3 Å². The van der Waals surface area contributed by atoms with Crippen LogP contribution in [0.4, 0.5) is 0 Å². The summed E-state index contributed by atoms with van der Waals surface area (Å²) in [5.41, 5.74) is 0. The molecule has 0 bridgehead atoms. The van der Waals surface area contributed by atoms with E-state index in [4.69, 9.17) is 0 Å². The van der Waals surface area contributed by atoms with E-state index in [9.17, 15) is 19.8 Å². The van der Waals surface area contributed by atoms with Gasteiger partial charge in [-0.25, -0.2) is 0 Å². The number of carboxylic acid groups (broad SMARTS) is 2. The Bertz CT molecular complexity index is 174. The van der Waals surface area contributed by atoms with E-state index in [1.165, 1.54) is 12.2 Å². The van der Waals surface area contributed by atoms with E-state index in [2.05, 4.69) is 0 Å².